The third-order valence-corrected chi connectivity index (χ3v) is 3.29. The molecule has 0 aromatic carbocycles. The van der Waals surface area contributed by atoms with E-state index in [-0.39, 0.29) is 23.8 Å². The van der Waals surface area contributed by atoms with Crippen LogP contribution >= 0.6 is 0 Å². The number of amides is 1. The predicted octanol–water partition coefficient (Wildman–Crippen LogP) is 0.442. The van der Waals surface area contributed by atoms with E-state index in [2.05, 4.69) is 5.32 Å². The van der Waals surface area contributed by atoms with Gasteiger partial charge in [-0.05, 0) is 13.8 Å². The van der Waals surface area contributed by atoms with Gasteiger partial charge in [-0.2, -0.15) is 0 Å². The van der Waals surface area contributed by atoms with Crippen LogP contribution in [0.4, 0.5) is 0 Å². The minimum absolute atomic E-state index is 0.0109. The summed E-state index contributed by atoms with van der Waals surface area (Å²) in [5, 5.41) is 3.24. The Morgan fingerprint density at radius 3 is 2.60 bits per heavy atom. The summed E-state index contributed by atoms with van der Waals surface area (Å²) in [6.07, 6.45) is 0.543. The zero-order chi connectivity index (χ0) is 11.2. The highest BCUT2D eigenvalue weighted by Crippen LogP contribution is 2.31. The monoisotopic (exact) mass is 208 g/mol. The molecule has 82 valence electrons. The fraction of sp³-hybridized carbons (Fsp3) is 0.636. The largest absolute Gasteiger partial charge is 0.386 e. The van der Waals surface area contributed by atoms with Gasteiger partial charge in [0, 0.05) is 31.2 Å². The smallest absolute Gasteiger partial charge is 0.220 e. The van der Waals surface area contributed by atoms with Crippen molar-refractivity contribution in [2.24, 2.45) is 0 Å². The molecule has 0 bridgehead atoms. The number of hydrogen-bond acceptors (Lipinski definition) is 3. The summed E-state index contributed by atoms with van der Waals surface area (Å²) in [4.78, 5) is 25.0. The van der Waals surface area contributed by atoms with Crippen molar-refractivity contribution in [1.29, 1.82) is 0 Å². The molecule has 0 aromatic rings. The van der Waals surface area contributed by atoms with Crippen LogP contribution in [0.25, 0.3) is 0 Å². The van der Waals surface area contributed by atoms with Crippen molar-refractivity contribution < 1.29 is 9.59 Å². The minimum Gasteiger partial charge on any atom is -0.386 e. The van der Waals surface area contributed by atoms with Crippen LogP contribution in [-0.4, -0.2) is 35.2 Å². The SMILES string of the molecule is CC(=O)N1C(C)C2=C(C(=O)CCN2)C1C. The maximum Gasteiger partial charge on any atom is 0.220 e. The highest BCUT2D eigenvalue weighted by molar-refractivity contribution is 6.00. The maximum atomic E-state index is 11.8. The summed E-state index contributed by atoms with van der Waals surface area (Å²) >= 11 is 0. The third kappa shape index (κ3) is 1.35. The molecular formula is C11H16N2O2. The van der Waals surface area contributed by atoms with Crippen molar-refractivity contribution in [3.8, 4) is 0 Å². The van der Waals surface area contributed by atoms with Crippen molar-refractivity contribution in [3.63, 3.8) is 0 Å². The normalized spacial score (nSPS) is 30.3. The Morgan fingerprint density at radius 2 is 2.07 bits per heavy atom. The van der Waals surface area contributed by atoms with Gasteiger partial charge in [0.15, 0.2) is 5.78 Å². The lowest BCUT2D eigenvalue weighted by atomic mass is 9.98. The summed E-state index contributed by atoms with van der Waals surface area (Å²) < 4.78 is 0. The zero-order valence-electron chi connectivity index (χ0n) is 9.33. The van der Waals surface area contributed by atoms with Crippen LogP contribution in [0.15, 0.2) is 11.3 Å². The van der Waals surface area contributed by atoms with E-state index in [1.165, 1.54) is 0 Å². The van der Waals surface area contributed by atoms with Gasteiger partial charge in [0.25, 0.3) is 0 Å². The Hall–Kier alpha value is -1.32. The van der Waals surface area contributed by atoms with E-state index in [9.17, 15) is 9.59 Å². The van der Waals surface area contributed by atoms with E-state index in [4.69, 9.17) is 0 Å². The highest BCUT2D eigenvalue weighted by atomic mass is 16.2. The standard InChI is InChI=1S/C11H16N2O2/c1-6-10-9(15)4-5-12-11(10)7(2)13(6)8(3)14/h6-7,12H,4-5H2,1-3H3. The lowest BCUT2D eigenvalue weighted by molar-refractivity contribution is -0.130. The molecule has 1 N–H and O–H groups in total. The Balaban J connectivity index is 2.39. The van der Waals surface area contributed by atoms with Gasteiger partial charge in [0.1, 0.15) is 0 Å². The van der Waals surface area contributed by atoms with Gasteiger partial charge >= 0.3 is 0 Å². The second-order valence-corrected chi connectivity index (χ2v) is 4.21. The molecule has 1 amide bonds. The van der Waals surface area contributed by atoms with Gasteiger partial charge in [0.2, 0.25) is 5.91 Å². The number of hydrogen-bond donors (Lipinski definition) is 1. The van der Waals surface area contributed by atoms with Crippen molar-refractivity contribution in [3.05, 3.63) is 11.3 Å². The van der Waals surface area contributed by atoms with Crippen molar-refractivity contribution >= 4 is 11.7 Å². The number of nitrogens with one attached hydrogen (secondary N) is 1. The first-order valence-corrected chi connectivity index (χ1v) is 5.34. The summed E-state index contributed by atoms with van der Waals surface area (Å²) in [6.45, 7) is 6.13. The Morgan fingerprint density at radius 1 is 1.40 bits per heavy atom. The molecule has 0 saturated carbocycles. The number of Topliss-reactive ketones (excluding diaryl/α,β-unsaturated/α-hetero) is 1. The van der Waals surface area contributed by atoms with Gasteiger partial charge < -0.3 is 10.2 Å². The van der Waals surface area contributed by atoms with Crippen LogP contribution in [0, 0.1) is 0 Å². The molecule has 0 radical (unpaired) electrons. The molecule has 2 aliphatic rings. The predicted molar refractivity (Wildman–Crippen MR) is 56.1 cm³/mol. The summed E-state index contributed by atoms with van der Waals surface area (Å²) in [5.74, 6) is 0.214. The molecule has 2 heterocycles. The van der Waals surface area contributed by atoms with Crippen molar-refractivity contribution in [2.45, 2.75) is 39.3 Å². The van der Waals surface area contributed by atoms with Crippen LogP contribution in [0.3, 0.4) is 0 Å². The number of carbonyl (C=O) groups excluding carboxylic acids is 2. The first-order chi connectivity index (χ1) is 7.04. The van der Waals surface area contributed by atoms with E-state index < -0.39 is 0 Å². The molecule has 0 aromatic heterocycles. The van der Waals surface area contributed by atoms with Crippen molar-refractivity contribution in [2.75, 3.05) is 6.54 Å². The molecule has 0 spiro atoms. The van der Waals surface area contributed by atoms with E-state index in [0.29, 0.717) is 13.0 Å². The molecule has 0 fully saturated rings. The lowest BCUT2D eigenvalue weighted by Gasteiger charge is -2.26. The fourth-order valence-electron chi connectivity index (χ4n) is 2.68. The number of rotatable bonds is 0. The van der Waals surface area contributed by atoms with Crippen LogP contribution in [0.5, 0.6) is 0 Å². The van der Waals surface area contributed by atoms with Gasteiger partial charge in [-0.25, -0.2) is 0 Å². The molecule has 4 nitrogen and oxygen atoms in total. The van der Waals surface area contributed by atoms with Gasteiger partial charge in [-0.3, -0.25) is 9.59 Å². The molecule has 0 aliphatic carbocycles. The third-order valence-electron chi connectivity index (χ3n) is 3.29. The van der Waals surface area contributed by atoms with E-state index in [0.717, 1.165) is 11.3 Å². The highest BCUT2D eigenvalue weighted by Gasteiger charge is 2.41. The molecule has 2 atom stereocenters. The van der Waals surface area contributed by atoms with E-state index in [1.54, 1.807) is 11.8 Å². The first kappa shape index (κ1) is 10.2. The Labute approximate surface area is 89.3 Å². The average Bonchev–Trinajstić information content (AvgIpc) is 2.40. The number of ketones is 1. The summed E-state index contributed by atoms with van der Waals surface area (Å²) in [7, 11) is 0. The van der Waals surface area contributed by atoms with Crippen LogP contribution in [-0.2, 0) is 9.59 Å². The molecular weight excluding hydrogens is 192 g/mol. The quantitative estimate of drug-likeness (QED) is 0.628. The van der Waals surface area contributed by atoms with E-state index in [1.807, 2.05) is 13.8 Å². The number of nitrogens with zero attached hydrogens (tertiary/aromatic N) is 1. The summed E-state index contributed by atoms with van der Waals surface area (Å²) in [6, 6.07) is -0.0652. The zero-order valence-corrected chi connectivity index (χ0v) is 9.33. The van der Waals surface area contributed by atoms with E-state index >= 15 is 0 Å². The van der Waals surface area contributed by atoms with Crippen LogP contribution in [0.2, 0.25) is 0 Å². The molecule has 0 saturated heterocycles. The number of carbonyl (C=O) groups is 2. The Bertz CT molecular complexity index is 360. The average molecular weight is 208 g/mol. The molecule has 2 rings (SSSR count). The molecule has 4 heteroatoms. The van der Waals surface area contributed by atoms with Gasteiger partial charge in [-0.1, -0.05) is 0 Å². The molecule has 2 unspecified atom stereocenters. The van der Waals surface area contributed by atoms with Crippen LogP contribution in [0.1, 0.15) is 27.2 Å². The minimum atomic E-state index is -0.0761. The van der Waals surface area contributed by atoms with Crippen LogP contribution < -0.4 is 5.32 Å². The Kier molecular flexibility index (Phi) is 2.29. The van der Waals surface area contributed by atoms with Gasteiger partial charge in [0.05, 0.1) is 12.1 Å². The first-order valence-electron chi connectivity index (χ1n) is 5.34. The lowest BCUT2D eigenvalue weighted by Crippen LogP contribution is -2.40. The topological polar surface area (TPSA) is 49.4 Å². The van der Waals surface area contributed by atoms with Gasteiger partial charge in [-0.15, -0.1) is 0 Å². The van der Waals surface area contributed by atoms with Crippen molar-refractivity contribution in [1.82, 2.24) is 10.2 Å². The maximum absolute atomic E-state index is 11.8. The second-order valence-electron chi connectivity index (χ2n) is 4.21. The molecule has 15 heavy (non-hydrogen) atoms. The summed E-state index contributed by atoms with van der Waals surface area (Å²) in [5.41, 5.74) is 1.76. The fourth-order valence-corrected chi connectivity index (χ4v) is 2.68. The second kappa shape index (κ2) is 3.36. The molecule has 2 aliphatic heterocycles.